The van der Waals surface area contributed by atoms with Crippen LogP contribution in [0.4, 0.5) is 0 Å². The maximum atomic E-state index is 11.7. The molecule has 0 amide bonds. The number of rotatable bonds is 5. The number of aryl methyl sites for hydroxylation is 1. The number of likely N-dealkylation sites (N-methyl/N-ethyl adjacent to an activating group) is 1. The van der Waals surface area contributed by atoms with Crippen molar-refractivity contribution in [3.8, 4) is 0 Å². The van der Waals surface area contributed by atoms with Crippen molar-refractivity contribution >= 4 is 17.3 Å². The largest absolute Gasteiger partial charge is 0.465 e. The predicted octanol–water partition coefficient (Wildman–Crippen LogP) is 2.27. The van der Waals surface area contributed by atoms with Gasteiger partial charge in [0.1, 0.15) is 6.04 Å². The Kier molecular flexibility index (Phi) is 4.78. The number of carbonyl (C=O) groups excluding carboxylic acids is 1. The molecule has 15 heavy (non-hydrogen) atoms. The lowest BCUT2D eigenvalue weighted by Gasteiger charge is -2.14. The highest BCUT2D eigenvalue weighted by Crippen LogP contribution is 2.23. The molecule has 0 fully saturated rings. The summed E-state index contributed by atoms with van der Waals surface area (Å²) >= 11 is 1.63. The monoisotopic (exact) mass is 227 g/mol. The van der Waals surface area contributed by atoms with E-state index < -0.39 is 0 Å². The summed E-state index contributed by atoms with van der Waals surface area (Å²) in [5, 5.41) is 3.13. The second-order valence-electron chi connectivity index (χ2n) is 3.19. The first-order valence-electron chi connectivity index (χ1n) is 5.15. The third kappa shape index (κ3) is 3.32. The Labute approximate surface area is 94.5 Å². The van der Waals surface area contributed by atoms with Gasteiger partial charge >= 0.3 is 5.97 Å². The summed E-state index contributed by atoms with van der Waals surface area (Å²) in [5.41, 5.74) is 0. The highest BCUT2D eigenvalue weighted by atomic mass is 32.1. The molecule has 1 unspecified atom stereocenters. The molecule has 3 nitrogen and oxygen atoms in total. The molecule has 1 aromatic heterocycles. The first kappa shape index (κ1) is 12.2. The zero-order valence-electron chi connectivity index (χ0n) is 9.37. The quantitative estimate of drug-likeness (QED) is 0.784. The van der Waals surface area contributed by atoms with E-state index in [2.05, 4.69) is 5.32 Å². The first-order valence-corrected chi connectivity index (χ1v) is 5.97. The van der Waals surface area contributed by atoms with Crippen molar-refractivity contribution in [2.45, 2.75) is 26.8 Å². The van der Waals surface area contributed by atoms with Crippen LogP contribution in [0.2, 0.25) is 0 Å². The van der Waals surface area contributed by atoms with Crippen molar-refractivity contribution < 1.29 is 9.53 Å². The van der Waals surface area contributed by atoms with Gasteiger partial charge in [0, 0.05) is 9.75 Å². The van der Waals surface area contributed by atoms with Crippen molar-refractivity contribution in [2.75, 3.05) is 13.2 Å². The lowest BCUT2D eigenvalue weighted by molar-refractivity contribution is -0.145. The topological polar surface area (TPSA) is 38.3 Å². The second-order valence-corrected chi connectivity index (χ2v) is 4.51. The lowest BCUT2D eigenvalue weighted by atomic mass is 10.2. The third-order valence-electron chi connectivity index (χ3n) is 1.98. The molecule has 0 radical (unpaired) electrons. The van der Waals surface area contributed by atoms with Gasteiger partial charge in [-0.2, -0.15) is 0 Å². The van der Waals surface area contributed by atoms with Crippen LogP contribution in [0.3, 0.4) is 0 Å². The van der Waals surface area contributed by atoms with Crippen LogP contribution in [0, 0.1) is 6.92 Å². The molecule has 0 spiro atoms. The van der Waals surface area contributed by atoms with Crippen LogP contribution in [0.25, 0.3) is 0 Å². The first-order chi connectivity index (χ1) is 7.19. The molecule has 1 aromatic rings. The summed E-state index contributed by atoms with van der Waals surface area (Å²) in [6.07, 6.45) is 0. The van der Waals surface area contributed by atoms with E-state index in [0.717, 1.165) is 11.4 Å². The number of hydrogen-bond acceptors (Lipinski definition) is 4. The van der Waals surface area contributed by atoms with Crippen molar-refractivity contribution in [1.82, 2.24) is 5.32 Å². The molecule has 0 aliphatic heterocycles. The Hall–Kier alpha value is -0.870. The maximum absolute atomic E-state index is 11.7. The Morgan fingerprint density at radius 3 is 2.73 bits per heavy atom. The molecule has 1 atom stereocenters. The van der Waals surface area contributed by atoms with E-state index in [9.17, 15) is 4.79 Å². The Morgan fingerprint density at radius 1 is 1.53 bits per heavy atom. The van der Waals surface area contributed by atoms with Crippen LogP contribution in [-0.4, -0.2) is 19.1 Å². The minimum atomic E-state index is -0.311. The van der Waals surface area contributed by atoms with Gasteiger partial charge in [0.25, 0.3) is 0 Å². The summed E-state index contributed by atoms with van der Waals surface area (Å²) in [4.78, 5) is 13.9. The minimum Gasteiger partial charge on any atom is -0.465 e. The average Bonchev–Trinajstić information content (AvgIpc) is 2.61. The van der Waals surface area contributed by atoms with Gasteiger partial charge in [-0.15, -0.1) is 11.3 Å². The van der Waals surface area contributed by atoms with Gasteiger partial charge in [0.15, 0.2) is 0 Å². The molecule has 0 aliphatic carbocycles. The molecule has 0 aromatic carbocycles. The molecule has 84 valence electrons. The fraction of sp³-hybridized carbons (Fsp3) is 0.545. The van der Waals surface area contributed by atoms with E-state index in [4.69, 9.17) is 4.74 Å². The average molecular weight is 227 g/mol. The van der Waals surface area contributed by atoms with Gasteiger partial charge in [-0.05, 0) is 32.5 Å². The highest BCUT2D eigenvalue weighted by Gasteiger charge is 2.21. The number of esters is 1. The molecule has 0 saturated carbocycles. The molecule has 1 heterocycles. The third-order valence-corrected chi connectivity index (χ3v) is 3.04. The van der Waals surface area contributed by atoms with E-state index in [1.165, 1.54) is 4.88 Å². The van der Waals surface area contributed by atoms with Crippen LogP contribution < -0.4 is 5.32 Å². The summed E-state index contributed by atoms with van der Waals surface area (Å²) in [6, 6.07) is 3.68. The normalized spacial score (nSPS) is 12.5. The Bertz CT molecular complexity index is 322. The molecule has 1 rings (SSSR count). The number of carbonyl (C=O) groups is 1. The molecular formula is C11H17NO2S. The molecule has 1 N–H and O–H groups in total. The fourth-order valence-electron chi connectivity index (χ4n) is 1.34. The molecule has 0 aliphatic rings. The standard InChI is InChI=1S/C11H17NO2S/c1-4-12-10(11(13)14-5-2)9-7-6-8(3)15-9/h6-7,10,12H,4-5H2,1-3H3. The molecule has 0 bridgehead atoms. The number of thiophene rings is 1. The van der Waals surface area contributed by atoms with Crippen molar-refractivity contribution in [3.63, 3.8) is 0 Å². The van der Waals surface area contributed by atoms with Crippen LogP contribution in [0.5, 0.6) is 0 Å². The zero-order chi connectivity index (χ0) is 11.3. The fourth-order valence-corrected chi connectivity index (χ4v) is 2.28. The summed E-state index contributed by atoms with van der Waals surface area (Å²) in [6.45, 7) is 7.00. The Balaban J connectivity index is 2.77. The van der Waals surface area contributed by atoms with Gasteiger partial charge in [0.05, 0.1) is 6.61 Å². The van der Waals surface area contributed by atoms with Gasteiger partial charge in [-0.3, -0.25) is 0 Å². The van der Waals surface area contributed by atoms with E-state index in [1.54, 1.807) is 11.3 Å². The molecule has 0 saturated heterocycles. The van der Waals surface area contributed by atoms with Crippen molar-refractivity contribution in [3.05, 3.63) is 21.9 Å². The maximum Gasteiger partial charge on any atom is 0.328 e. The number of hydrogen-bond donors (Lipinski definition) is 1. The van der Waals surface area contributed by atoms with Gasteiger partial charge in [0.2, 0.25) is 0 Å². The predicted molar refractivity (Wildman–Crippen MR) is 62.1 cm³/mol. The van der Waals surface area contributed by atoms with Crippen LogP contribution in [0.15, 0.2) is 12.1 Å². The Morgan fingerprint density at radius 2 is 2.27 bits per heavy atom. The van der Waals surface area contributed by atoms with Crippen molar-refractivity contribution in [1.29, 1.82) is 0 Å². The minimum absolute atomic E-state index is 0.193. The van der Waals surface area contributed by atoms with Crippen LogP contribution >= 0.6 is 11.3 Å². The van der Waals surface area contributed by atoms with Crippen LogP contribution in [0.1, 0.15) is 29.6 Å². The number of nitrogens with one attached hydrogen (secondary N) is 1. The van der Waals surface area contributed by atoms with Crippen LogP contribution in [-0.2, 0) is 9.53 Å². The summed E-state index contributed by atoms with van der Waals surface area (Å²) < 4.78 is 5.03. The van der Waals surface area contributed by atoms with Gasteiger partial charge in [-0.1, -0.05) is 6.92 Å². The van der Waals surface area contributed by atoms with E-state index in [1.807, 2.05) is 32.9 Å². The van der Waals surface area contributed by atoms with Gasteiger partial charge < -0.3 is 10.1 Å². The highest BCUT2D eigenvalue weighted by molar-refractivity contribution is 7.12. The molecule has 4 heteroatoms. The summed E-state index contributed by atoms with van der Waals surface area (Å²) in [5.74, 6) is -0.193. The second kappa shape index (κ2) is 5.88. The van der Waals surface area contributed by atoms with Gasteiger partial charge in [-0.25, -0.2) is 4.79 Å². The van der Waals surface area contributed by atoms with E-state index in [0.29, 0.717) is 6.61 Å². The summed E-state index contributed by atoms with van der Waals surface area (Å²) in [7, 11) is 0. The smallest absolute Gasteiger partial charge is 0.328 e. The zero-order valence-corrected chi connectivity index (χ0v) is 10.2. The van der Waals surface area contributed by atoms with E-state index in [-0.39, 0.29) is 12.0 Å². The SMILES string of the molecule is CCNC(C(=O)OCC)c1ccc(C)s1. The number of ether oxygens (including phenoxy) is 1. The van der Waals surface area contributed by atoms with E-state index >= 15 is 0 Å². The molecular weight excluding hydrogens is 210 g/mol. The van der Waals surface area contributed by atoms with Crippen molar-refractivity contribution in [2.24, 2.45) is 0 Å². The lowest BCUT2D eigenvalue weighted by Crippen LogP contribution is -2.29.